The SMILES string of the molecule is CCOc1ccc(C2CCC2C(=O)c2cc(OC)ccc2OC)cc1. The predicted molar refractivity (Wildman–Crippen MR) is 97.0 cm³/mol. The Morgan fingerprint density at radius 2 is 1.72 bits per heavy atom. The molecule has 0 amide bonds. The molecule has 0 aromatic heterocycles. The van der Waals surface area contributed by atoms with Crippen LogP contribution in [0.3, 0.4) is 0 Å². The van der Waals surface area contributed by atoms with Crippen LogP contribution in [0.25, 0.3) is 0 Å². The van der Waals surface area contributed by atoms with Crippen molar-refractivity contribution in [1.29, 1.82) is 0 Å². The molecule has 0 aliphatic heterocycles. The van der Waals surface area contributed by atoms with E-state index in [4.69, 9.17) is 14.2 Å². The molecule has 1 saturated carbocycles. The summed E-state index contributed by atoms with van der Waals surface area (Å²) < 4.78 is 16.1. The molecule has 0 saturated heterocycles. The third-order valence-electron chi connectivity index (χ3n) is 4.90. The standard InChI is InChI=1S/C21H24O4/c1-4-25-15-7-5-14(6-8-15)17-10-11-18(17)21(22)19-13-16(23-2)9-12-20(19)24-3/h5-9,12-13,17-18H,4,10-11H2,1-3H3. The molecule has 3 rings (SSSR count). The Bertz CT molecular complexity index is 736. The highest BCUT2D eigenvalue weighted by molar-refractivity contribution is 6.01. The van der Waals surface area contributed by atoms with Crippen molar-refractivity contribution in [3.8, 4) is 17.2 Å². The Kier molecular flexibility index (Phi) is 5.27. The van der Waals surface area contributed by atoms with Crippen molar-refractivity contribution in [2.45, 2.75) is 25.7 Å². The van der Waals surface area contributed by atoms with Crippen molar-refractivity contribution >= 4 is 5.78 Å². The molecule has 0 spiro atoms. The number of ether oxygens (including phenoxy) is 3. The summed E-state index contributed by atoms with van der Waals surface area (Å²) in [6, 6.07) is 13.5. The molecule has 25 heavy (non-hydrogen) atoms. The maximum Gasteiger partial charge on any atom is 0.170 e. The highest BCUT2D eigenvalue weighted by atomic mass is 16.5. The van der Waals surface area contributed by atoms with Gasteiger partial charge in [-0.1, -0.05) is 12.1 Å². The van der Waals surface area contributed by atoms with Gasteiger partial charge in [0.15, 0.2) is 5.78 Å². The van der Waals surface area contributed by atoms with Crippen LogP contribution in [-0.4, -0.2) is 26.6 Å². The molecule has 1 aliphatic carbocycles. The van der Waals surface area contributed by atoms with E-state index in [2.05, 4.69) is 12.1 Å². The molecular formula is C21H24O4. The summed E-state index contributed by atoms with van der Waals surface area (Å²) in [5, 5.41) is 0. The Labute approximate surface area is 148 Å². The monoisotopic (exact) mass is 340 g/mol. The molecule has 132 valence electrons. The van der Waals surface area contributed by atoms with Crippen LogP contribution >= 0.6 is 0 Å². The van der Waals surface area contributed by atoms with Crippen LogP contribution < -0.4 is 14.2 Å². The van der Waals surface area contributed by atoms with Gasteiger partial charge in [0, 0.05) is 5.92 Å². The smallest absolute Gasteiger partial charge is 0.170 e. The van der Waals surface area contributed by atoms with Gasteiger partial charge in [0.2, 0.25) is 0 Å². The van der Waals surface area contributed by atoms with Crippen LogP contribution in [0.2, 0.25) is 0 Å². The number of hydrogen-bond acceptors (Lipinski definition) is 4. The maximum atomic E-state index is 13.1. The lowest BCUT2D eigenvalue weighted by Crippen LogP contribution is -2.31. The van der Waals surface area contributed by atoms with E-state index < -0.39 is 0 Å². The third-order valence-corrected chi connectivity index (χ3v) is 4.90. The quantitative estimate of drug-likeness (QED) is 0.697. The molecule has 2 unspecified atom stereocenters. The van der Waals surface area contributed by atoms with Crippen LogP contribution in [0.4, 0.5) is 0 Å². The van der Waals surface area contributed by atoms with Crippen molar-refractivity contribution < 1.29 is 19.0 Å². The van der Waals surface area contributed by atoms with E-state index in [1.54, 1.807) is 32.4 Å². The maximum absolute atomic E-state index is 13.1. The van der Waals surface area contributed by atoms with E-state index in [0.29, 0.717) is 23.7 Å². The van der Waals surface area contributed by atoms with Gasteiger partial charge in [0.1, 0.15) is 17.2 Å². The van der Waals surface area contributed by atoms with E-state index in [1.165, 1.54) is 5.56 Å². The lowest BCUT2D eigenvalue weighted by atomic mass is 9.67. The van der Waals surface area contributed by atoms with E-state index in [0.717, 1.165) is 18.6 Å². The van der Waals surface area contributed by atoms with Gasteiger partial charge in [-0.05, 0) is 61.6 Å². The molecule has 1 aliphatic rings. The number of ketones is 1. The normalized spacial score (nSPS) is 19.0. The first-order valence-electron chi connectivity index (χ1n) is 8.67. The van der Waals surface area contributed by atoms with Gasteiger partial charge in [0.05, 0.1) is 26.4 Å². The number of rotatable bonds is 7. The van der Waals surface area contributed by atoms with Crippen molar-refractivity contribution in [2.24, 2.45) is 5.92 Å². The van der Waals surface area contributed by atoms with Crippen molar-refractivity contribution in [3.63, 3.8) is 0 Å². The van der Waals surface area contributed by atoms with Crippen LogP contribution in [0, 0.1) is 5.92 Å². The average Bonchev–Trinajstić information content (AvgIpc) is 2.62. The van der Waals surface area contributed by atoms with E-state index >= 15 is 0 Å². The van der Waals surface area contributed by atoms with E-state index in [-0.39, 0.29) is 17.6 Å². The molecule has 0 bridgehead atoms. The fourth-order valence-corrected chi connectivity index (χ4v) is 3.40. The Balaban J connectivity index is 1.81. The van der Waals surface area contributed by atoms with Gasteiger partial charge in [-0.2, -0.15) is 0 Å². The minimum absolute atomic E-state index is 0.0149. The van der Waals surface area contributed by atoms with Gasteiger partial charge in [0.25, 0.3) is 0 Å². The summed E-state index contributed by atoms with van der Waals surface area (Å²) in [4.78, 5) is 13.1. The summed E-state index contributed by atoms with van der Waals surface area (Å²) >= 11 is 0. The second kappa shape index (κ2) is 7.60. The van der Waals surface area contributed by atoms with Crippen molar-refractivity contribution in [1.82, 2.24) is 0 Å². The summed E-state index contributed by atoms with van der Waals surface area (Å²) in [6.07, 6.45) is 1.92. The molecule has 4 heteroatoms. The number of methoxy groups -OCH3 is 2. The van der Waals surface area contributed by atoms with Gasteiger partial charge < -0.3 is 14.2 Å². The number of hydrogen-bond donors (Lipinski definition) is 0. The molecular weight excluding hydrogens is 316 g/mol. The lowest BCUT2D eigenvalue weighted by Gasteiger charge is -2.36. The van der Waals surface area contributed by atoms with Gasteiger partial charge in [-0.3, -0.25) is 4.79 Å². The van der Waals surface area contributed by atoms with Gasteiger partial charge >= 0.3 is 0 Å². The summed E-state index contributed by atoms with van der Waals surface area (Å²) in [5.74, 6) is 2.49. The summed E-state index contributed by atoms with van der Waals surface area (Å²) in [6.45, 7) is 2.62. The van der Waals surface area contributed by atoms with Gasteiger partial charge in [-0.15, -0.1) is 0 Å². The third kappa shape index (κ3) is 3.48. The zero-order valence-electron chi connectivity index (χ0n) is 15.0. The summed E-state index contributed by atoms with van der Waals surface area (Å²) in [7, 11) is 3.19. The number of carbonyl (C=O) groups excluding carboxylic acids is 1. The second-order valence-electron chi connectivity index (χ2n) is 6.22. The first-order valence-corrected chi connectivity index (χ1v) is 8.67. The van der Waals surface area contributed by atoms with Crippen molar-refractivity contribution in [2.75, 3.05) is 20.8 Å². The molecule has 0 N–H and O–H groups in total. The second-order valence-corrected chi connectivity index (χ2v) is 6.22. The van der Waals surface area contributed by atoms with E-state index in [9.17, 15) is 4.79 Å². The largest absolute Gasteiger partial charge is 0.497 e. The highest BCUT2D eigenvalue weighted by Gasteiger charge is 2.38. The summed E-state index contributed by atoms with van der Waals surface area (Å²) in [5.41, 5.74) is 1.79. The molecule has 1 fully saturated rings. The first kappa shape index (κ1) is 17.3. The molecule has 2 aromatic rings. The number of benzene rings is 2. The number of Topliss-reactive ketones (excluding diaryl/α,β-unsaturated/α-hetero) is 1. The molecule has 2 atom stereocenters. The molecule has 4 nitrogen and oxygen atoms in total. The lowest BCUT2D eigenvalue weighted by molar-refractivity contribution is 0.0815. The predicted octanol–water partition coefficient (Wildman–Crippen LogP) is 4.48. The topological polar surface area (TPSA) is 44.8 Å². The average molecular weight is 340 g/mol. The molecule has 0 radical (unpaired) electrons. The zero-order valence-corrected chi connectivity index (χ0v) is 15.0. The van der Waals surface area contributed by atoms with Crippen LogP contribution in [0.1, 0.15) is 41.6 Å². The minimum Gasteiger partial charge on any atom is -0.497 e. The van der Waals surface area contributed by atoms with Crippen LogP contribution in [0.5, 0.6) is 17.2 Å². The minimum atomic E-state index is -0.0149. The van der Waals surface area contributed by atoms with Gasteiger partial charge in [-0.25, -0.2) is 0 Å². The van der Waals surface area contributed by atoms with Crippen molar-refractivity contribution in [3.05, 3.63) is 53.6 Å². The van der Waals surface area contributed by atoms with Crippen LogP contribution in [-0.2, 0) is 0 Å². The highest BCUT2D eigenvalue weighted by Crippen LogP contribution is 2.45. The Hall–Kier alpha value is -2.49. The number of carbonyl (C=O) groups is 1. The first-order chi connectivity index (χ1) is 12.2. The molecule has 2 aromatic carbocycles. The zero-order chi connectivity index (χ0) is 17.8. The van der Waals surface area contributed by atoms with Crippen LogP contribution in [0.15, 0.2) is 42.5 Å². The van der Waals surface area contributed by atoms with E-state index in [1.807, 2.05) is 19.1 Å². The fraction of sp³-hybridized carbons (Fsp3) is 0.381. The molecule has 0 heterocycles. The fourth-order valence-electron chi connectivity index (χ4n) is 3.40. The Morgan fingerprint density at radius 3 is 2.28 bits per heavy atom. The Morgan fingerprint density at radius 1 is 1.00 bits per heavy atom.